The molecule has 2 aliphatic heterocycles. The summed E-state index contributed by atoms with van der Waals surface area (Å²) in [7, 11) is 5.48. The van der Waals surface area contributed by atoms with Crippen molar-refractivity contribution in [1.82, 2.24) is 20.2 Å². The van der Waals surface area contributed by atoms with E-state index >= 15 is 0 Å². The van der Waals surface area contributed by atoms with Crippen molar-refractivity contribution >= 4 is 35.0 Å². The number of carbonyl (C=O) groups is 2. The molecule has 0 unspecified atom stereocenters. The Labute approximate surface area is 230 Å². The zero-order valence-electron chi connectivity index (χ0n) is 23.4. The number of benzene rings is 1. The molecule has 1 aromatic heterocycles. The molecular weight excluding hydrogens is 498 g/mol. The molecule has 0 radical (unpaired) electrons. The highest BCUT2D eigenvalue weighted by Crippen LogP contribution is 2.40. The predicted molar refractivity (Wildman–Crippen MR) is 152 cm³/mol. The number of fused-ring (bicyclic) bond motifs is 1. The molecule has 2 aromatic rings. The Morgan fingerprint density at radius 1 is 1.13 bits per heavy atom. The lowest BCUT2D eigenvalue weighted by Gasteiger charge is -2.43. The number of aromatic nitrogens is 2. The first-order chi connectivity index (χ1) is 18.4. The first kappa shape index (κ1) is 28.6. The Morgan fingerprint density at radius 3 is 2.51 bits per heavy atom. The van der Waals surface area contributed by atoms with Crippen LogP contribution in [0.3, 0.4) is 0 Å². The summed E-state index contributed by atoms with van der Waals surface area (Å²) in [4.78, 5) is 41.6. The summed E-state index contributed by atoms with van der Waals surface area (Å²) in [6, 6.07) is 5.62. The lowest BCUT2D eigenvalue weighted by Crippen LogP contribution is -2.55. The minimum atomic E-state index is -0.227. The van der Waals surface area contributed by atoms with Crippen LogP contribution in [-0.2, 0) is 4.79 Å². The molecule has 11 nitrogen and oxygen atoms in total. The smallest absolute Gasteiger partial charge is 0.251 e. The van der Waals surface area contributed by atoms with Crippen LogP contribution in [0.15, 0.2) is 24.4 Å². The number of methoxy groups -OCH3 is 1. The van der Waals surface area contributed by atoms with Crippen LogP contribution in [-0.4, -0.2) is 84.6 Å². The van der Waals surface area contributed by atoms with Gasteiger partial charge in [-0.1, -0.05) is 19.8 Å². The third-order valence-electron chi connectivity index (χ3n) is 8.18. The van der Waals surface area contributed by atoms with Crippen molar-refractivity contribution in [2.45, 2.75) is 70.0 Å². The van der Waals surface area contributed by atoms with E-state index in [1.54, 1.807) is 37.4 Å². The van der Waals surface area contributed by atoms with Crippen molar-refractivity contribution in [2.75, 3.05) is 49.4 Å². The highest BCUT2D eigenvalue weighted by molar-refractivity contribution is 6.04. The van der Waals surface area contributed by atoms with Crippen LogP contribution in [0, 0.1) is 0 Å². The fourth-order valence-electron chi connectivity index (χ4n) is 5.92. The number of nitrogens with one attached hydrogen (secondary N) is 2. The zero-order valence-corrected chi connectivity index (χ0v) is 23.4. The molecule has 1 atom stereocenters. The summed E-state index contributed by atoms with van der Waals surface area (Å²) in [5.74, 6) is 1.74. The number of carbonyl (C=O) groups excluding carboxylic acids is 2. The van der Waals surface area contributed by atoms with E-state index in [0.29, 0.717) is 29.0 Å². The van der Waals surface area contributed by atoms with Gasteiger partial charge in [-0.25, -0.2) is 4.98 Å². The minimum absolute atomic E-state index is 0. The average Bonchev–Trinajstić information content (AvgIpc) is 3.46. The predicted octanol–water partition coefficient (Wildman–Crippen LogP) is 2.73. The van der Waals surface area contributed by atoms with Gasteiger partial charge < -0.3 is 35.5 Å². The third-order valence-corrected chi connectivity index (χ3v) is 8.18. The van der Waals surface area contributed by atoms with E-state index in [0.717, 1.165) is 56.7 Å². The van der Waals surface area contributed by atoms with Gasteiger partial charge in [-0.3, -0.25) is 9.59 Å². The van der Waals surface area contributed by atoms with E-state index in [2.05, 4.69) is 39.4 Å². The van der Waals surface area contributed by atoms with Crippen molar-refractivity contribution < 1.29 is 19.8 Å². The number of likely N-dealkylation sites (N-methyl/N-ethyl adjacent to an activating group) is 1. The third kappa shape index (κ3) is 5.79. The Balaban J connectivity index is 0.00000353. The average molecular weight is 540 g/mol. The number of hydrogen-bond acceptors (Lipinski definition) is 8. The summed E-state index contributed by atoms with van der Waals surface area (Å²) >= 11 is 0. The lowest BCUT2D eigenvalue weighted by atomic mass is 10.0. The standard InChI is InChI=1S/C28H39N7O3.H2O/c1-5-22-27(37)34(3)23-17-29-28(32-25(23)35(22)20-8-6-7-9-20)31-21-11-10-18(16-24(21)38-4)26(36)30-19-12-14-33(2)15-13-19;/h10-11,16-17,19-20,22H,5-9,12-15H2,1-4H3,(H,30,36)(H,29,31,32);1H2/t22-;/m0./s1. The van der Waals surface area contributed by atoms with E-state index in [1.807, 2.05) is 6.07 Å². The first-order valence-electron chi connectivity index (χ1n) is 13.8. The molecule has 2 amide bonds. The summed E-state index contributed by atoms with van der Waals surface area (Å²) < 4.78 is 5.63. The number of likely N-dealkylation sites (tertiary alicyclic amines) is 1. The molecule has 0 bridgehead atoms. The van der Waals surface area contributed by atoms with Crippen LogP contribution in [0.4, 0.5) is 23.1 Å². The number of rotatable bonds is 7. The van der Waals surface area contributed by atoms with Gasteiger partial charge in [0.25, 0.3) is 5.91 Å². The van der Waals surface area contributed by atoms with Crippen LogP contribution in [0.1, 0.15) is 62.2 Å². The van der Waals surface area contributed by atoms with E-state index in [4.69, 9.17) is 9.72 Å². The Morgan fingerprint density at radius 2 is 1.85 bits per heavy atom. The molecule has 1 saturated carbocycles. The SMILES string of the molecule is CC[C@H]1C(=O)N(C)c2cnc(Nc3ccc(C(=O)NC4CCN(C)CC4)cc3OC)nc2N1C1CCCC1.O. The van der Waals surface area contributed by atoms with Gasteiger partial charge in [0.1, 0.15) is 17.5 Å². The van der Waals surface area contributed by atoms with Gasteiger partial charge in [-0.15, -0.1) is 0 Å². The molecule has 11 heteroatoms. The normalized spacial score (nSPS) is 20.4. The topological polar surface area (TPSA) is 134 Å². The highest BCUT2D eigenvalue weighted by Gasteiger charge is 2.41. The second-order valence-corrected chi connectivity index (χ2v) is 10.7. The van der Waals surface area contributed by atoms with Crippen molar-refractivity contribution in [3.63, 3.8) is 0 Å². The van der Waals surface area contributed by atoms with Gasteiger partial charge in [0.15, 0.2) is 5.82 Å². The van der Waals surface area contributed by atoms with Gasteiger partial charge in [0.2, 0.25) is 11.9 Å². The number of nitrogens with zero attached hydrogens (tertiary/aromatic N) is 5. The van der Waals surface area contributed by atoms with E-state index in [1.165, 1.54) is 12.8 Å². The van der Waals surface area contributed by atoms with E-state index in [-0.39, 0.29) is 29.4 Å². The summed E-state index contributed by atoms with van der Waals surface area (Å²) in [5.41, 5.74) is 1.95. The van der Waals surface area contributed by atoms with Gasteiger partial charge in [0.05, 0.1) is 19.0 Å². The maximum atomic E-state index is 13.1. The first-order valence-corrected chi connectivity index (χ1v) is 13.8. The number of anilines is 4. The molecular formula is C28H41N7O4. The van der Waals surface area contributed by atoms with E-state index < -0.39 is 0 Å². The Hall–Kier alpha value is -3.44. The van der Waals surface area contributed by atoms with Crippen molar-refractivity contribution in [2.24, 2.45) is 0 Å². The van der Waals surface area contributed by atoms with Crippen molar-refractivity contribution in [1.29, 1.82) is 0 Å². The molecule has 0 spiro atoms. The maximum Gasteiger partial charge on any atom is 0.251 e. The Bertz CT molecular complexity index is 1180. The molecule has 4 N–H and O–H groups in total. The number of piperidine rings is 1. The van der Waals surface area contributed by atoms with Crippen molar-refractivity contribution in [3.05, 3.63) is 30.0 Å². The van der Waals surface area contributed by atoms with E-state index in [9.17, 15) is 9.59 Å². The molecule has 2 fully saturated rings. The fraction of sp³-hybridized carbons (Fsp3) is 0.571. The highest BCUT2D eigenvalue weighted by atomic mass is 16.5. The molecule has 3 aliphatic rings. The van der Waals surface area contributed by atoms with Crippen molar-refractivity contribution in [3.8, 4) is 5.75 Å². The number of ether oxygens (including phenoxy) is 1. The molecule has 39 heavy (non-hydrogen) atoms. The zero-order chi connectivity index (χ0) is 26.8. The maximum absolute atomic E-state index is 13.1. The van der Waals surface area contributed by atoms with Crippen LogP contribution in [0.25, 0.3) is 0 Å². The second kappa shape index (κ2) is 12.2. The van der Waals surface area contributed by atoms with Gasteiger partial charge in [-0.2, -0.15) is 4.98 Å². The Kier molecular flexibility index (Phi) is 8.91. The van der Waals surface area contributed by atoms with Gasteiger partial charge >= 0.3 is 0 Å². The molecule has 1 aliphatic carbocycles. The van der Waals surface area contributed by atoms with Crippen LogP contribution >= 0.6 is 0 Å². The molecule has 212 valence electrons. The largest absolute Gasteiger partial charge is 0.495 e. The fourth-order valence-corrected chi connectivity index (χ4v) is 5.92. The molecule has 1 aromatic carbocycles. The summed E-state index contributed by atoms with van der Waals surface area (Å²) in [6.07, 6.45) is 8.80. The molecule has 5 rings (SSSR count). The monoisotopic (exact) mass is 539 g/mol. The number of amides is 2. The quantitative estimate of drug-likeness (QED) is 0.549. The van der Waals surface area contributed by atoms with Crippen LogP contribution < -0.4 is 25.2 Å². The molecule has 1 saturated heterocycles. The van der Waals surface area contributed by atoms with Gasteiger partial charge in [-0.05, 0) is 70.4 Å². The second-order valence-electron chi connectivity index (χ2n) is 10.7. The molecule has 3 heterocycles. The minimum Gasteiger partial charge on any atom is -0.495 e. The number of hydrogen-bond donors (Lipinski definition) is 2. The van der Waals surface area contributed by atoms with Crippen LogP contribution in [0.5, 0.6) is 5.75 Å². The summed E-state index contributed by atoms with van der Waals surface area (Å²) in [6.45, 7) is 4.02. The lowest BCUT2D eigenvalue weighted by molar-refractivity contribution is -0.120. The van der Waals surface area contributed by atoms with Crippen LogP contribution in [0.2, 0.25) is 0 Å². The summed E-state index contributed by atoms with van der Waals surface area (Å²) in [5, 5.41) is 6.44. The van der Waals surface area contributed by atoms with Gasteiger partial charge in [0, 0.05) is 24.7 Å².